The van der Waals surface area contributed by atoms with Gasteiger partial charge in [0.1, 0.15) is 0 Å². The summed E-state index contributed by atoms with van der Waals surface area (Å²) in [6, 6.07) is 68.8. The summed E-state index contributed by atoms with van der Waals surface area (Å²) in [6.45, 7) is 9.62. The van der Waals surface area contributed by atoms with Gasteiger partial charge in [-0.3, -0.25) is 0 Å². The highest BCUT2D eigenvalue weighted by Crippen LogP contribution is 2.56. The Kier molecular flexibility index (Phi) is 7.11. The van der Waals surface area contributed by atoms with Crippen LogP contribution in [-0.2, 0) is 10.8 Å². The summed E-state index contributed by atoms with van der Waals surface area (Å²) in [5, 5.41) is 10.5. The van der Waals surface area contributed by atoms with Crippen LogP contribution in [0.4, 0.5) is 0 Å². The monoisotopic (exact) mass is 794 g/mol. The first kappa shape index (κ1) is 35.0. The Morgan fingerprint density at radius 3 is 1.64 bits per heavy atom. The fraction of sp³-hybridized carbons (Fsp3) is 0.100. The van der Waals surface area contributed by atoms with Crippen molar-refractivity contribution in [1.29, 1.82) is 0 Å². The molecule has 0 atom stereocenters. The van der Waals surface area contributed by atoms with Gasteiger partial charge in [0.25, 0.3) is 0 Å². The highest BCUT2D eigenvalue weighted by molar-refractivity contribution is 7.26. The van der Waals surface area contributed by atoms with Gasteiger partial charge in [0.2, 0.25) is 0 Å². The number of thiophene rings is 1. The van der Waals surface area contributed by atoms with Crippen LogP contribution in [0.15, 0.2) is 182 Å². The van der Waals surface area contributed by atoms with E-state index in [1.165, 1.54) is 130 Å². The van der Waals surface area contributed by atoms with E-state index >= 15 is 0 Å². The number of hydrogen-bond donors (Lipinski definition) is 0. The first-order valence-corrected chi connectivity index (χ1v) is 22.4. The molecule has 11 aromatic rings. The zero-order valence-electron chi connectivity index (χ0n) is 34.7. The maximum atomic E-state index is 2.50. The summed E-state index contributed by atoms with van der Waals surface area (Å²) in [7, 11) is 0. The van der Waals surface area contributed by atoms with Crippen molar-refractivity contribution in [2.45, 2.75) is 38.5 Å². The van der Waals surface area contributed by atoms with Crippen molar-refractivity contribution in [2.75, 3.05) is 0 Å². The lowest BCUT2D eigenvalue weighted by Crippen LogP contribution is -2.15. The second-order valence-electron chi connectivity index (χ2n) is 18.4. The molecule has 288 valence electrons. The van der Waals surface area contributed by atoms with Crippen molar-refractivity contribution in [2.24, 2.45) is 0 Å². The third-order valence-electron chi connectivity index (χ3n) is 14.4. The quantitative estimate of drug-likeness (QED) is 0.156. The molecular weight excluding hydrogens is 753 g/mol. The van der Waals surface area contributed by atoms with Crippen molar-refractivity contribution >= 4 is 63.8 Å². The molecule has 0 nitrogen and oxygen atoms in total. The molecule has 0 fully saturated rings. The molecular formula is C60H42S. The van der Waals surface area contributed by atoms with Gasteiger partial charge in [0.05, 0.1) is 0 Å². The van der Waals surface area contributed by atoms with Crippen LogP contribution in [0, 0.1) is 0 Å². The highest BCUT2D eigenvalue weighted by Gasteiger charge is 2.39. The van der Waals surface area contributed by atoms with E-state index in [0.29, 0.717) is 0 Å². The topological polar surface area (TPSA) is 0 Å². The van der Waals surface area contributed by atoms with Crippen LogP contribution in [0.5, 0.6) is 0 Å². The van der Waals surface area contributed by atoms with Gasteiger partial charge >= 0.3 is 0 Å². The lowest BCUT2D eigenvalue weighted by Gasteiger charge is -2.23. The molecule has 0 radical (unpaired) electrons. The summed E-state index contributed by atoms with van der Waals surface area (Å²) in [5.74, 6) is 0. The summed E-state index contributed by atoms with van der Waals surface area (Å²) in [6.07, 6.45) is 0. The van der Waals surface area contributed by atoms with Gasteiger partial charge in [-0.25, -0.2) is 0 Å². The molecule has 0 saturated carbocycles. The van der Waals surface area contributed by atoms with Gasteiger partial charge in [0, 0.05) is 36.6 Å². The normalized spacial score (nSPS) is 14.5. The SMILES string of the molecule is CC1(C)c2ccc(-c3ccc4c(c3)sc3c5c(ccc34)C(C)(C)c3c-5ccc4ccccc34)cc2-c2ccc(-c3c4ccccc4c(-c4ccccc4)c4ccccc34)cc21. The first-order valence-electron chi connectivity index (χ1n) is 21.6. The summed E-state index contributed by atoms with van der Waals surface area (Å²) in [4.78, 5) is 0. The van der Waals surface area contributed by atoms with Crippen LogP contribution in [0.3, 0.4) is 0 Å². The van der Waals surface area contributed by atoms with E-state index in [9.17, 15) is 0 Å². The number of benzene rings is 10. The van der Waals surface area contributed by atoms with Gasteiger partial charge in [-0.1, -0.05) is 191 Å². The summed E-state index contributed by atoms with van der Waals surface area (Å²) >= 11 is 1.96. The van der Waals surface area contributed by atoms with E-state index in [2.05, 4.69) is 210 Å². The smallest absolute Gasteiger partial charge is 0.0437 e. The molecule has 10 aromatic carbocycles. The average Bonchev–Trinajstić information content (AvgIpc) is 3.87. The van der Waals surface area contributed by atoms with Gasteiger partial charge in [-0.05, 0) is 123 Å². The summed E-state index contributed by atoms with van der Waals surface area (Å²) < 4.78 is 2.75. The minimum absolute atomic E-state index is 0.0646. The standard InChI is InChI=1S/C60H42S/c1-59(2)50-30-25-37(38-23-27-42-47-29-31-51-56(58(47)61-53(42)34-38)48-28-22-35-14-8-9-17-40(35)57(48)60(51,3)4)32-49(50)41-26-24-39(33-52(41)59)55-45-20-12-10-18-43(45)54(36-15-6-5-7-16-36)44-19-11-13-21-46(44)55/h5-34H,1-4H3. The van der Waals surface area contributed by atoms with E-state index in [-0.39, 0.29) is 10.8 Å². The van der Waals surface area contributed by atoms with Gasteiger partial charge in [-0.15, -0.1) is 11.3 Å². The van der Waals surface area contributed by atoms with Crippen molar-refractivity contribution in [3.8, 4) is 55.6 Å². The molecule has 1 heteroatoms. The lowest BCUT2D eigenvalue weighted by molar-refractivity contribution is 0.660. The van der Waals surface area contributed by atoms with Crippen LogP contribution in [0.1, 0.15) is 49.9 Å². The fourth-order valence-electron chi connectivity index (χ4n) is 11.5. The zero-order valence-corrected chi connectivity index (χ0v) is 35.5. The predicted octanol–water partition coefficient (Wildman–Crippen LogP) is 17.1. The average molecular weight is 795 g/mol. The second kappa shape index (κ2) is 12.4. The van der Waals surface area contributed by atoms with Gasteiger partial charge in [0.15, 0.2) is 0 Å². The molecule has 61 heavy (non-hydrogen) atoms. The zero-order chi connectivity index (χ0) is 40.8. The third kappa shape index (κ3) is 4.76. The Hall–Kier alpha value is -6.80. The van der Waals surface area contributed by atoms with Gasteiger partial charge in [-0.2, -0.15) is 0 Å². The number of hydrogen-bond acceptors (Lipinski definition) is 1. The minimum atomic E-state index is -0.139. The fourth-order valence-corrected chi connectivity index (χ4v) is 12.8. The minimum Gasteiger partial charge on any atom is -0.134 e. The maximum Gasteiger partial charge on any atom is 0.0437 e. The second-order valence-corrected chi connectivity index (χ2v) is 19.4. The van der Waals surface area contributed by atoms with E-state index < -0.39 is 0 Å². The molecule has 0 bridgehead atoms. The number of rotatable bonds is 3. The molecule has 1 heterocycles. The molecule has 0 N–H and O–H groups in total. The molecule has 2 aliphatic carbocycles. The predicted molar refractivity (Wildman–Crippen MR) is 263 cm³/mol. The van der Waals surface area contributed by atoms with E-state index in [0.717, 1.165) is 0 Å². The maximum absolute atomic E-state index is 2.50. The Balaban J connectivity index is 0.934. The molecule has 0 saturated heterocycles. The summed E-state index contributed by atoms with van der Waals surface area (Å²) in [5.41, 5.74) is 18.7. The van der Waals surface area contributed by atoms with Crippen molar-refractivity contribution < 1.29 is 0 Å². The molecule has 0 spiro atoms. The number of fused-ring (bicyclic) bond motifs is 14. The van der Waals surface area contributed by atoms with Crippen molar-refractivity contribution in [3.63, 3.8) is 0 Å². The van der Waals surface area contributed by atoms with Crippen molar-refractivity contribution in [3.05, 3.63) is 204 Å². The van der Waals surface area contributed by atoms with E-state index in [4.69, 9.17) is 0 Å². The molecule has 0 amide bonds. The largest absolute Gasteiger partial charge is 0.134 e. The van der Waals surface area contributed by atoms with Crippen LogP contribution >= 0.6 is 11.3 Å². The lowest BCUT2D eigenvalue weighted by atomic mass is 9.80. The highest BCUT2D eigenvalue weighted by atomic mass is 32.1. The Labute approximate surface area is 360 Å². The molecule has 0 unspecified atom stereocenters. The van der Waals surface area contributed by atoms with Crippen LogP contribution < -0.4 is 0 Å². The Bertz CT molecular complexity index is 3630. The van der Waals surface area contributed by atoms with Crippen LogP contribution in [0.2, 0.25) is 0 Å². The van der Waals surface area contributed by atoms with Crippen LogP contribution in [-0.4, -0.2) is 0 Å². The van der Waals surface area contributed by atoms with E-state index in [1.807, 2.05) is 11.3 Å². The molecule has 2 aliphatic rings. The van der Waals surface area contributed by atoms with Crippen molar-refractivity contribution in [1.82, 2.24) is 0 Å². The molecule has 1 aromatic heterocycles. The van der Waals surface area contributed by atoms with Crippen LogP contribution in [0.25, 0.3) is 108 Å². The van der Waals surface area contributed by atoms with E-state index in [1.54, 1.807) is 0 Å². The third-order valence-corrected chi connectivity index (χ3v) is 15.6. The molecule has 13 rings (SSSR count). The molecule has 0 aliphatic heterocycles. The first-order chi connectivity index (χ1) is 29.8. The van der Waals surface area contributed by atoms with Gasteiger partial charge < -0.3 is 0 Å². The Morgan fingerprint density at radius 2 is 0.902 bits per heavy atom. The Morgan fingerprint density at radius 1 is 0.328 bits per heavy atom.